The van der Waals surface area contributed by atoms with Crippen molar-refractivity contribution in [2.75, 3.05) is 0 Å². The molecule has 0 atom stereocenters. The first-order valence-electron chi connectivity index (χ1n) is 5.50. The van der Waals surface area contributed by atoms with Crippen LogP contribution < -0.4 is 0 Å². The zero-order chi connectivity index (χ0) is 11.4. The van der Waals surface area contributed by atoms with E-state index in [0.29, 0.717) is 11.7 Å². The second kappa shape index (κ2) is 4.94. The van der Waals surface area contributed by atoms with Gasteiger partial charge in [0.05, 0.1) is 0 Å². The molecule has 3 heteroatoms. The van der Waals surface area contributed by atoms with E-state index in [9.17, 15) is 5.11 Å². The number of oxazole rings is 1. The number of aliphatic hydroxyl groups excluding tert-OH is 1. The van der Waals surface area contributed by atoms with Gasteiger partial charge >= 0.3 is 0 Å². The molecular weight excluding hydrogens is 202 g/mol. The zero-order valence-electron chi connectivity index (χ0n) is 9.31. The smallest absolute Gasteiger partial charge is 0.195 e. The van der Waals surface area contributed by atoms with Crippen molar-refractivity contribution in [3.05, 3.63) is 42.0 Å². The zero-order valence-corrected chi connectivity index (χ0v) is 9.31. The van der Waals surface area contributed by atoms with Crippen molar-refractivity contribution >= 4 is 0 Å². The topological polar surface area (TPSA) is 46.3 Å². The Morgan fingerprint density at radius 2 is 2.00 bits per heavy atom. The van der Waals surface area contributed by atoms with E-state index in [1.54, 1.807) is 0 Å². The second-order valence-electron chi connectivity index (χ2n) is 3.65. The van der Waals surface area contributed by atoms with E-state index in [1.165, 1.54) is 0 Å². The lowest BCUT2D eigenvalue weighted by Crippen LogP contribution is -1.85. The monoisotopic (exact) mass is 217 g/mol. The van der Waals surface area contributed by atoms with Crippen molar-refractivity contribution in [3.63, 3.8) is 0 Å². The summed E-state index contributed by atoms with van der Waals surface area (Å²) in [5.41, 5.74) is 1.74. The Balaban J connectivity index is 2.39. The number of hydrogen-bond donors (Lipinski definition) is 1. The molecule has 2 rings (SSSR count). The largest absolute Gasteiger partial charge is 0.443 e. The van der Waals surface area contributed by atoms with Gasteiger partial charge in [0.2, 0.25) is 0 Å². The van der Waals surface area contributed by atoms with Gasteiger partial charge < -0.3 is 9.52 Å². The Hall–Kier alpha value is -1.61. The molecule has 0 aliphatic rings. The Bertz CT molecular complexity index is 448. The SMILES string of the molecule is CCCc1nc(-c2ccccc2)c(CO)o1. The quantitative estimate of drug-likeness (QED) is 0.856. The highest BCUT2D eigenvalue weighted by atomic mass is 16.4. The van der Waals surface area contributed by atoms with E-state index in [2.05, 4.69) is 11.9 Å². The summed E-state index contributed by atoms with van der Waals surface area (Å²) < 4.78 is 5.50. The van der Waals surface area contributed by atoms with E-state index < -0.39 is 0 Å². The minimum atomic E-state index is -0.110. The highest BCUT2D eigenvalue weighted by molar-refractivity contribution is 5.60. The van der Waals surface area contributed by atoms with Crippen molar-refractivity contribution in [1.82, 2.24) is 4.98 Å². The van der Waals surface area contributed by atoms with Crippen LogP contribution in [0, 0.1) is 0 Å². The molecule has 1 N–H and O–H groups in total. The lowest BCUT2D eigenvalue weighted by molar-refractivity contribution is 0.244. The molecule has 0 saturated heterocycles. The molecule has 1 heterocycles. The molecule has 0 fully saturated rings. The molecule has 0 amide bonds. The number of nitrogens with zero attached hydrogens (tertiary/aromatic N) is 1. The van der Waals surface area contributed by atoms with Gasteiger partial charge in [-0.25, -0.2) is 4.98 Å². The second-order valence-corrected chi connectivity index (χ2v) is 3.65. The Morgan fingerprint density at radius 1 is 1.25 bits per heavy atom. The van der Waals surface area contributed by atoms with Crippen LogP contribution in [0.15, 0.2) is 34.7 Å². The number of hydrogen-bond acceptors (Lipinski definition) is 3. The summed E-state index contributed by atoms with van der Waals surface area (Å²) >= 11 is 0. The number of rotatable bonds is 4. The van der Waals surface area contributed by atoms with Crippen molar-refractivity contribution in [2.45, 2.75) is 26.4 Å². The van der Waals surface area contributed by atoms with Crippen LogP contribution in [0.1, 0.15) is 25.0 Å². The first kappa shape index (κ1) is 10.9. The van der Waals surface area contributed by atoms with Gasteiger partial charge in [-0.3, -0.25) is 0 Å². The van der Waals surface area contributed by atoms with Crippen molar-refractivity contribution in [1.29, 1.82) is 0 Å². The fraction of sp³-hybridized carbons (Fsp3) is 0.308. The van der Waals surface area contributed by atoms with Crippen molar-refractivity contribution < 1.29 is 9.52 Å². The summed E-state index contributed by atoms with van der Waals surface area (Å²) in [7, 11) is 0. The molecule has 1 aromatic heterocycles. The summed E-state index contributed by atoms with van der Waals surface area (Å²) in [5.74, 6) is 1.25. The van der Waals surface area contributed by atoms with Gasteiger partial charge in [-0.05, 0) is 6.42 Å². The first-order chi connectivity index (χ1) is 7.85. The maximum Gasteiger partial charge on any atom is 0.195 e. The third-order valence-corrected chi connectivity index (χ3v) is 2.40. The third-order valence-electron chi connectivity index (χ3n) is 2.40. The van der Waals surface area contributed by atoms with Crippen LogP contribution in [0.5, 0.6) is 0 Å². The van der Waals surface area contributed by atoms with Gasteiger partial charge in [0, 0.05) is 12.0 Å². The molecule has 0 saturated carbocycles. The summed E-state index contributed by atoms with van der Waals surface area (Å²) in [5, 5.41) is 9.23. The average Bonchev–Trinajstić information content (AvgIpc) is 2.74. The molecular formula is C13H15NO2. The maximum atomic E-state index is 9.23. The molecule has 0 aliphatic carbocycles. The van der Waals surface area contributed by atoms with E-state index in [0.717, 1.165) is 24.1 Å². The minimum Gasteiger partial charge on any atom is -0.443 e. The third kappa shape index (κ3) is 2.14. The van der Waals surface area contributed by atoms with E-state index in [4.69, 9.17) is 4.42 Å². The Kier molecular flexibility index (Phi) is 3.37. The molecule has 0 unspecified atom stereocenters. The van der Waals surface area contributed by atoms with E-state index >= 15 is 0 Å². The van der Waals surface area contributed by atoms with Crippen molar-refractivity contribution in [2.24, 2.45) is 0 Å². The summed E-state index contributed by atoms with van der Waals surface area (Å²) in [4.78, 5) is 4.41. The fourth-order valence-electron chi connectivity index (χ4n) is 1.65. The summed E-state index contributed by atoms with van der Waals surface area (Å²) in [6, 6.07) is 9.78. The fourth-order valence-corrected chi connectivity index (χ4v) is 1.65. The normalized spacial score (nSPS) is 10.6. The summed E-state index contributed by atoms with van der Waals surface area (Å²) in [6.07, 6.45) is 1.79. The lowest BCUT2D eigenvalue weighted by atomic mass is 10.1. The van der Waals surface area contributed by atoms with Crippen molar-refractivity contribution in [3.8, 4) is 11.3 Å². The Labute approximate surface area is 94.8 Å². The van der Waals surface area contributed by atoms with Crippen LogP contribution in [-0.2, 0) is 13.0 Å². The molecule has 84 valence electrons. The van der Waals surface area contributed by atoms with Gasteiger partial charge in [0.1, 0.15) is 12.3 Å². The number of aromatic nitrogens is 1. The van der Waals surface area contributed by atoms with Crippen LogP contribution in [0.4, 0.5) is 0 Å². The maximum absolute atomic E-state index is 9.23. The number of aliphatic hydroxyl groups is 1. The molecule has 3 nitrogen and oxygen atoms in total. The predicted octanol–water partition coefficient (Wildman–Crippen LogP) is 2.79. The van der Waals surface area contributed by atoms with Crippen LogP contribution in [0.2, 0.25) is 0 Å². The van der Waals surface area contributed by atoms with Crippen LogP contribution in [-0.4, -0.2) is 10.1 Å². The Morgan fingerprint density at radius 3 is 2.62 bits per heavy atom. The first-order valence-corrected chi connectivity index (χ1v) is 5.50. The van der Waals surface area contributed by atoms with Gasteiger partial charge in [-0.15, -0.1) is 0 Å². The summed E-state index contributed by atoms with van der Waals surface area (Å²) in [6.45, 7) is 1.96. The van der Waals surface area contributed by atoms with Gasteiger partial charge in [-0.2, -0.15) is 0 Å². The molecule has 1 aromatic carbocycles. The van der Waals surface area contributed by atoms with Gasteiger partial charge in [-0.1, -0.05) is 37.3 Å². The van der Waals surface area contributed by atoms with Crippen LogP contribution in [0.25, 0.3) is 11.3 Å². The lowest BCUT2D eigenvalue weighted by Gasteiger charge is -1.96. The average molecular weight is 217 g/mol. The standard InChI is InChI=1S/C13H15NO2/c1-2-6-12-14-13(11(9-15)16-12)10-7-4-3-5-8-10/h3-5,7-8,15H,2,6,9H2,1H3. The molecule has 2 aromatic rings. The minimum absolute atomic E-state index is 0.110. The highest BCUT2D eigenvalue weighted by Crippen LogP contribution is 2.24. The predicted molar refractivity (Wildman–Crippen MR) is 61.9 cm³/mol. The van der Waals surface area contributed by atoms with E-state index in [-0.39, 0.29) is 6.61 Å². The van der Waals surface area contributed by atoms with E-state index in [1.807, 2.05) is 30.3 Å². The molecule has 0 spiro atoms. The number of aryl methyl sites for hydroxylation is 1. The van der Waals surface area contributed by atoms with Crippen LogP contribution >= 0.6 is 0 Å². The highest BCUT2D eigenvalue weighted by Gasteiger charge is 2.13. The van der Waals surface area contributed by atoms with Crippen LogP contribution in [0.3, 0.4) is 0 Å². The molecule has 0 radical (unpaired) electrons. The molecule has 0 bridgehead atoms. The van der Waals surface area contributed by atoms with Gasteiger partial charge in [0.25, 0.3) is 0 Å². The molecule has 16 heavy (non-hydrogen) atoms. The number of benzene rings is 1. The molecule has 0 aliphatic heterocycles. The van der Waals surface area contributed by atoms with Gasteiger partial charge in [0.15, 0.2) is 11.7 Å².